The summed E-state index contributed by atoms with van der Waals surface area (Å²) in [6, 6.07) is 7.30. The molecule has 5 nitrogen and oxygen atoms in total. The van der Waals surface area contributed by atoms with Crippen LogP contribution in [0.25, 0.3) is 0 Å². The van der Waals surface area contributed by atoms with Crippen molar-refractivity contribution in [1.29, 1.82) is 0 Å². The Morgan fingerprint density at radius 3 is 2.74 bits per heavy atom. The van der Waals surface area contributed by atoms with Crippen LogP contribution >= 0.6 is 38.9 Å². The van der Waals surface area contributed by atoms with Crippen LogP contribution in [0.2, 0.25) is 5.02 Å². The van der Waals surface area contributed by atoms with Crippen molar-refractivity contribution in [2.45, 2.75) is 17.4 Å². The highest BCUT2D eigenvalue weighted by Crippen LogP contribution is 2.29. The van der Waals surface area contributed by atoms with Gasteiger partial charge in [0.1, 0.15) is 4.90 Å². The first kappa shape index (κ1) is 18.4. The molecule has 1 N–H and O–H groups in total. The molecule has 0 aliphatic carbocycles. The zero-order chi connectivity index (χ0) is 17.0. The predicted octanol–water partition coefficient (Wildman–Crippen LogP) is 3.75. The summed E-state index contributed by atoms with van der Waals surface area (Å²) < 4.78 is 33.0. The van der Waals surface area contributed by atoms with Crippen LogP contribution in [0.5, 0.6) is 0 Å². The van der Waals surface area contributed by atoms with Gasteiger partial charge in [0, 0.05) is 9.35 Å². The van der Waals surface area contributed by atoms with Gasteiger partial charge in [-0.1, -0.05) is 33.6 Å². The fraction of sp³-hybridized carbons (Fsp3) is 0.214. The molecular formula is C14H13BrClNO4S2. The van der Waals surface area contributed by atoms with Gasteiger partial charge >= 0.3 is 5.97 Å². The lowest BCUT2D eigenvalue weighted by Crippen LogP contribution is -2.30. The molecule has 0 saturated carbocycles. The maximum Gasteiger partial charge on any atom is 0.307 e. The number of sulfonamides is 1. The zero-order valence-corrected chi connectivity index (χ0v) is 15.9. The number of methoxy groups -OCH3 is 1. The summed E-state index contributed by atoms with van der Waals surface area (Å²) in [7, 11) is -2.63. The average Bonchev–Trinajstić information content (AvgIpc) is 2.99. The first-order valence-corrected chi connectivity index (χ1v) is 9.94. The number of ether oxygens (including phenoxy) is 1. The van der Waals surface area contributed by atoms with Gasteiger partial charge in [0.05, 0.1) is 24.6 Å². The molecule has 0 radical (unpaired) electrons. The Kier molecular flexibility index (Phi) is 6.21. The number of hydrogen-bond acceptors (Lipinski definition) is 5. The van der Waals surface area contributed by atoms with E-state index in [1.165, 1.54) is 30.6 Å². The lowest BCUT2D eigenvalue weighted by atomic mass is 10.2. The normalized spacial score (nSPS) is 12.8. The van der Waals surface area contributed by atoms with Gasteiger partial charge in [-0.15, -0.1) is 11.3 Å². The van der Waals surface area contributed by atoms with Crippen molar-refractivity contribution in [2.24, 2.45) is 0 Å². The average molecular weight is 439 g/mol. The third kappa shape index (κ3) is 4.77. The number of esters is 1. The first-order chi connectivity index (χ1) is 10.8. The highest BCUT2D eigenvalue weighted by molar-refractivity contribution is 9.10. The number of carbonyl (C=O) groups excluding carboxylic acids is 1. The molecule has 0 aliphatic heterocycles. The van der Waals surface area contributed by atoms with Crippen molar-refractivity contribution >= 4 is 54.9 Å². The van der Waals surface area contributed by atoms with E-state index < -0.39 is 22.0 Å². The van der Waals surface area contributed by atoms with Crippen molar-refractivity contribution < 1.29 is 17.9 Å². The maximum atomic E-state index is 12.6. The van der Waals surface area contributed by atoms with Gasteiger partial charge in [0.2, 0.25) is 10.0 Å². The van der Waals surface area contributed by atoms with Gasteiger partial charge in [0.25, 0.3) is 0 Å². The minimum atomic E-state index is -3.89. The monoisotopic (exact) mass is 437 g/mol. The predicted molar refractivity (Wildman–Crippen MR) is 93.2 cm³/mol. The van der Waals surface area contributed by atoms with Crippen molar-refractivity contribution in [2.75, 3.05) is 7.11 Å². The van der Waals surface area contributed by atoms with Crippen LogP contribution in [0, 0.1) is 0 Å². The summed E-state index contributed by atoms with van der Waals surface area (Å²) in [5, 5.41) is 1.90. The maximum absolute atomic E-state index is 12.6. The Labute approximate surface area is 151 Å². The number of rotatable bonds is 6. The molecule has 1 aromatic carbocycles. The largest absolute Gasteiger partial charge is 0.469 e. The van der Waals surface area contributed by atoms with Crippen molar-refractivity contribution in [3.8, 4) is 0 Å². The van der Waals surface area contributed by atoms with Crippen LogP contribution in [0.15, 0.2) is 45.1 Å². The lowest BCUT2D eigenvalue weighted by Gasteiger charge is -2.17. The molecule has 1 aromatic heterocycles. The minimum Gasteiger partial charge on any atom is -0.469 e. The molecule has 0 bridgehead atoms. The third-order valence-electron chi connectivity index (χ3n) is 2.97. The van der Waals surface area contributed by atoms with Crippen molar-refractivity contribution in [1.82, 2.24) is 4.72 Å². The fourth-order valence-electron chi connectivity index (χ4n) is 1.88. The summed E-state index contributed by atoms with van der Waals surface area (Å²) in [6.07, 6.45) is -0.107. The Morgan fingerprint density at radius 1 is 1.43 bits per heavy atom. The number of hydrogen-bond donors (Lipinski definition) is 1. The van der Waals surface area contributed by atoms with E-state index in [1.54, 1.807) is 23.6 Å². The van der Waals surface area contributed by atoms with E-state index in [0.717, 1.165) is 0 Å². The molecule has 2 aromatic rings. The molecule has 1 atom stereocenters. The standard InChI is InChI=1S/C14H13BrClNO4S2/c1-21-14(18)8-11(12-3-2-6-22-12)17-23(19,20)13-5-4-9(15)7-10(13)16/h2-7,11,17H,8H2,1H3/t11-/m1/s1. The van der Waals surface area contributed by atoms with Gasteiger partial charge in [-0.05, 0) is 29.6 Å². The molecule has 2 rings (SSSR count). The van der Waals surface area contributed by atoms with E-state index in [1.807, 2.05) is 0 Å². The Hall–Kier alpha value is -0.930. The third-order valence-corrected chi connectivity index (χ3v) is 6.40. The molecule has 9 heteroatoms. The second-order valence-corrected chi connectivity index (χ2v) is 8.53. The summed E-state index contributed by atoms with van der Waals surface area (Å²) >= 11 is 10.6. The van der Waals surface area contributed by atoms with Crippen LogP contribution < -0.4 is 4.72 Å². The quantitative estimate of drug-likeness (QED) is 0.697. The Balaban J connectivity index is 2.32. The van der Waals surface area contributed by atoms with Gasteiger partial charge in [-0.2, -0.15) is 0 Å². The highest BCUT2D eigenvalue weighted by Gasteiger charge is 2.26. The minimum absolute atomic E-state index is 0.0474. The van der Waals surface area contributed by atoms with E-state index in [9.17, 15) is 13.2 Å². The van der Waals surface area contributed by atoms with Gasteiger partial charge in [0.15, 0.2) is 0 Å². The summed E-state index contributed by atoms with van der Waals surface area (Å²) in [6.45, 7) is 0. The van der Waals surface area contributed by atoms with Gasteiger partial charge < -0.3 is 4.74 Å². The van der Waals surface area contributed by atoms with Crippen LogP contribution in [-0.4, -0.2) is 21.5 Å². The van der Waals surface area contributed by atoms with Crippen LogP contribution in [-0.2, 0) is 19.6 Å². The fourth-order valence-corrected chi connectivity index (χ4v) is 4.99. The molecule has 0 spiro atoms. The molecule has 0 fully saturated rings. The second kappa shape index (κ2) is 7.76. The molecule has 0 amide bonds. The van der Waals surface area contributed by atoms with Crippen molar-refractivity contribution in [3.05, 3.63) is 50.1 Å². The Morgan fingerprint density at radius 2 is 2.17 bits per heavy atom. The van der Waals surface area contributed by atoms with E-state index in [4.69, 9.17) is 11.6 Å². The first-order valence-electron chi connectivity index (χ1n) is 6.41. The number of halogens is 2. The molecule has 1 heterocycles. The second-order valence-electron chi connectivity index (χ2n) is 4.54. The molecule has 0 aliphatic rings. The molecular weight excluding hydrogens is 426 g/mol. The van der Waals surface area contributed by atoms with Crippen LogP contribution in [0.3, 0.4) is 0 Å². The van der Waals surface area contributed by atoms with Gasteiger partial charge in [-0.25, -0.2) is 13.1 Å². The Bertz CT molecular complexity index is 793. The SMILES string of the molecule is COC(=O)C[C@@H](NS(=O)(=O)c1ccc(Br)cc1Cl)c1cccs1. The topological polar surface area (TPSA) is 72.5 Å². The van der Waals surface area contributed by atoms with Crippen LogP contribution in [0.4, 0.5) is 0 Å². The molecule has 23 heavy (non-hydrogen) atoms. The molecule has 124 valence electrons. The van der Waals surface area contributed by atoms with E-state index >= 15 is 0 Å². The van der Waals surface area contributed by atoms with Crippen molar-refractivity contribution in [3.63, 3.8) is 0 Å². The molecule has 0 saturated heterocycles. The summed E-state index contributed by atoms with van der Waals surface area (Å²) in [5.41, 5.74) is 0. The van der Waals surface area contributed by atoms with E-state index in [2.05, 4.69) is 25.4 Å². The summed E-state index contributed by atoms with van der Waals surface area (Å²) in [4.78, 5) is 12.2. The smallest absolute Gasteiger partial charge is 0.307 e. The van der Waals surface area contributed by atoms with E-state index in [-0.39, 0.29) is 16.3 Å². The van der Waals surface area contributed by atoms with Crippen LogP contribution in [0.1, 0.15) is 17.3 Å². The highest BCUT2D eigenvalue weighted by atomic mass is 79.9. The number of carbonyl (C=O) groups is 1. The summed E-state index contributed by atoms with van der Waals surface area (Å²) in [5.74, 6) is -0.506. The number of thiophene rings is 1. The number of benzene rings is 1. The van der Waals surface area contributed by atoms with E-state index in [0.29, 0.717) is 9.35 Å². The zero-order valence-electron chi connectivity index (χ0n) is 12.0. The lowest BCUT2D eigenvalue weighted by molar-refractivity contribution is -0.141. The molecule has 0 unspecified atom stereocenters. The number of nitrogens with one attached hydrogen (secondary N) is 1. The van der Waals surface area contributed by atoms with Gasteiger partial charge in [-0.3, -0.25) is 4.79 Å².